The number of hydrogen-bond acceptors (Lipinski definition) is 9. The Morgan fingerprint density at radius 3 is 1.57 bits per heavy atom. The molecule has 0 aliphatic carbocycles. The van der Waals surface area contributed by atoms with Gasteiger partial charge in [0.2, 0.25) is 0 Å². The van der Waals surface area contributed by atoms with Gasteiger partial charge >= 0.3 is 17.6 Å². The normalized spacial score (nSPS) is 14.6. The maximum absolute atomic E-state index is 12.1. The highest BCUT2D eigenvalue weighted by Crippen LogP contribution is 2.24. The molecule has 3 aromatic carbocycles. The summed E-state index contributed by atoms with van der Waals surface area (Å²) in [6.07, 6.45) is 6.04. The van der Waals surface area contributed by atoms with Crippen LogP contribution in [0.1, 0.15) is 121 Å². The summed E-state index contributed by atoms with van der Waals surface area (Å²) >= 11 is 4.97. The van der Waals surface area contributed by atoms with Gasteiger partial charge in [-0.05, 0) is 147 Å². The Bertz CT molecular complexity index is 1630. The van der Waals surface area contributed by atoms with Crippen molar-refractivity contribution in [1.82, 2.24) is 14.7 Å². The number of rotatable bonds is 5. The van der Waals surface area contributed by atoms with E-state index in [1.807, 2.05) is 95.0 Å². The van der Waals surface area contributed by atoms with Crippen molar-refractivity contribution in [3.05, 3.63) is 100 Å². The molecule has 1 saturated heterocycles. The molecule has 0 spiro atoms. The summed E-state index contributed by atoms with van der Waals surface area (Å²) in [4.78, 5) is 40.4. The Morgan fingerprint density at radius 1 is 0.689 bits per heavy atom. The molecule has 3 heterocycles. The third-order valence-corrected chi connectivity index (χ3v) is 9.84. The second kappa shape index (κ2) is 27.6. The molecule has 0 unspecified atom stereocenters. The van der Waals surface area contributed by atoms with Crippen LogP contribution >= 0.6 is 11.6 Å². The quantitative estimate of drug-likeness (QED) is 0.152. The van der Waals surface area contributed by atoms with Gasteiger partial charge in [0.1, 0.15) is 17.8 Å². The molecular weight excluding hydrogens is 792 g/mol. The number of benzene rings is 3. The molecule has 0 atom stereocenters. The Kier molecular flexibility index (Phi) is 23.9. The number of carbonyl (C=O) groups excluding carboxylic acids is 3. The lowest BCUT2D eigenvalue weighted by molar-refractivity contribution is 0.0226. The third kappa shape index (κ3) is 22.9. The van der Waals surface area contributed by atoms with Gasteiger partial charge in [-0.2, -0.15) is 0 Å². The second-order valence-electron chi connectivity index (χ2n) is 17.3. The fourth-order valence-corrected chi connectivity index (χ4v) is 6.58. The smallest absolute Gasteiger partial charge is 0.410 e. The standard InChI is InChI=1S/C16H23NO2.C15H22N2O2.C8H7ClO2.C6H15N.C4H8O/c1-12-7-8-14-11-17(9-5-6-13(14)10-12)15(18)19-16(2,3)4;1-15(2,3)19-14(18)17-8-4-5-11-9-13(16)7-6-12(11)10-17;9-8(10)11-6-7-4-2-1-3-5-7;1-4-7(5-2)6-3;1-2-4-5-3-1/h7-8,10H,5-6,9,11H2,1-4H3;6-7,9H,4-5,8,10,16H2,1-3H3;1-5H,6H2;4-6H2,1-3H3;1-4H2. The molecule has 3 aliphatic heterocycles. The lowest BCUT2D eigenvalue weighted by Gasteiger charge is -2.26. The van der Waals surface area contributed by atoms with Crippen molar-refractivity contribution in [3.8, 4) is 0 Å². The summed E-state index contributed by atoms with van der Waals surface area (Å²) in [5, 5.41) is 0. The zero-order valence-electron chi connectivity index (χ0n) is 38.8. The predicted molar refractivity (Wildman–Crippen MR) is 248 cm³/mol. The van der Waals surface area contributed by atoms with Crippen molar-refractivity contribution in [2.75, 3.05) is 51.7 Å². The molecule has 6 rings (SSSR count). The molecule has 61 heavy (non-hydrogen) atoms. The molecule has 11 nitrogen and oxygen atoms in total. The number of amides is 2. The highest BCUT2D eigenvalue weighted by Gasteiger charge is 2.26. The van der Waals surface area contributed by atoms with Crippen molar-refractivity contribution >= 4 is 34.9 Å². The number of nitrogen functional groups attached to an aromatic ring is 1. The Labute approximate surface area is 372 Å². The molecule has 3 aromatic rings. The van der Waals surface area contributed by atoms with Gasteiger partial charge in [0.15, 0.2) is 0 Å². The average molecular weight is 868 g/mol. The fourth-order valence-electron chi connectivity index (χ4n) is 6.52. The van der Waals surface area contributed by atoms with E-state index in [4.69, 9.17) is 31.5 Å². The molecule has 0 bridgehead atoms. The summed E-state index contributed by atoms with van der Waals surface area (Å²) in [5.74, 6) is 0. The number of aryl methyl sites for hydroxylation is 3. The van der Waals surface area contributed by atoms with Crippen LogP contribution in [-0.2, 0) is 51.5 Å². The highest BCUT2D eigenvalue weighted by atomic mass is 35.5. The molecule has 0 saturated carbocycles. The number of hydrogen-bond donors (Lipinski definition) is 1. The van der Waals surface area contributed by atoms with Crippen molar-refractivity contribution in [3.63, 3.8) is 0 Å². The first-order valence-corrected chi connectivity index (χ1v) is 22.3. The number of nitrogens with zero attached hydrogens (tertiary/aromatic N) is 3. The zero-order valence-corrected chi connectivity index (χ0v) is 39.6. The largest absolute Gasteiger partial charge is 0.449 e. The van der Waals surface area contributed by atoms with Crippen molar-refractivity contribution in [1.29, 1.82) is 0 Å². The van der Waals surface area contributed by atoms with Crippen molar-refractivity contribution < 1.29 is 33.3 Å². The zero-order chi connectivity index (χ0) is 45.4. The van der Waals surface area contributed by atoms with E-state index < -0.39 is 16.6 Å². The lowest BCUT2D eigenvalue weighted by Crippen LogP contribution is -2.36. The van der Waals surface area contributed by atoms with Crippen LogP contribution in [0.25, 0.3) is 0 Å². The summed E-state index contributed by atoms with van der Waals surface area (Å²) in [6.45, 7) is 28.6. The SMILES string of the molecule is C1CCOC1.CC(C)(C)OC(=O)N1CCCc2cc(N)ccc2C1.CCN(CC)CC.Cc1ccc2c(c1)CCCN(C(=O)OC(C)(C)C)C2.O=C(Cl)OCc1ccccc1. The van der Waals surface area contributed by atoms with E-state index >= 15 is 0 Å². The van der Waals surface area contributed by atoms with Gasteiger partial charge in [0.25, 0.3) is 0 Å². The number of carbonyl (C=O) groups is 3. The van der Waals surface area contributed by atoms with Gasteiger partial charge in [0, 0.05) is 56.7 Å². The molecule has 0 aromatic heterocycles. The van der Waals surface area contributed by atoms with Gasteiger partial charge in [-0.15, -0.1) is 0 Å². The monoisotopic (exact) mass is 867 g/mol. The molecule has 0 radical (unpaired) electrons. The molecule has 2 N–H and O–H groups in total. The second-order valence-corrected chi connectivity index (χ2v) is 17.6. The first kappa shape index (κ1) is 52.8. The van der Waals surface area contributed by atoms with Gasteiger partial charge < -0.3 is 39.4 Å². The summed E-state index contributed by atoms with van der Waals surface area (Å²) in [5.41, 5.74) is 12.2. The van der Waals surface area contributed by atoms with E-state index in [9.17, 15) is 14.4 Å². The first-order valence-electron chi connectivity index (χ1n) is 21.9. The highest BCUT2D eigenvalue weighted by molar-refractivity contribution is 6.61. The van der Waals surface area contributed by atoms with Gasteiger partial charge in [0.05, 0.1) is 0 Å². The molecule has 1 fully saturated rings. The van der Waals surface area contributed by atoms with Gasteiger partial charge in [-0.3, -0.25) is 0 Å². The summed E-state index contributed by atoms with van der Waals surface area (Å²) in [6, 6.07) is 21.7. The van der Waals surface area contributed by atoms with E-state index in [1.165, 1.54) is 54.7 Å². The van der Waals surface area contributed by atoms with Crippen LogP contribution in [0.3, 0.4) is 0 Å². The van der Waals surface area contributed by atoms with Crippen molar-refractivity contribution in [2.45, 2.75) is 139 Å². The maximum Gasteiger partial charge on any atom is 0.410 e. The number of nitrogens with two attached hydrogens (primary N) is 1. The Balaban J connectivity index is 0.000000284. The summed E-state index contributed by atoms with van der Waals surface area (Å²) in [7, 11) is 0. The number of fused-ring (bicyclic) bond motifs is 2. The molecule has 3 aliphatic rings. The van der Waals surface area contributed by atoms with E-state index in [-0.39, 0.29) is 18.8 Å². The maximum atomic E-state index is 12.1. The van der Waals surface area contributed by atoms with Crippen LogP contribution in [0.4, 0.5) is 20.1 Å². The molecule has 2 amide bonds. The lowest BCUT2D eigenvalue weighted by atomic mass is 10.0. The van der Waals surface area contributed by atoms with Crippen LogP contribution in [-0.4, -0.2) is 89.5 Å². The predicted octanol–water partition coefficient (Wildman–Crippen LogP) is 11.3. The minimum absolute atomic E-state index is 0.207. The fraction of sp³-hybridized carbons (Fsp3) is 0.571. The first-order chi connectivity index (χ1) is 28.8. The van der Waals surface area contributed by atoms with Gasteiger partial charge in [-0.1, -0.05) is 80.9 Å². The van der Waals surface area contributed by atoms with Crippen LogP contribution < -0.4 is 5.73 Å². The molecular formula is C49H75ClN4O7. The minimum Gasteiger partial charge on any atom is -0.449 e. The number of halogens is 1. The van der Waals surface area contributed by atoms with Crippen LogP contribution in [0.5, 0.6) is 0 Å². The minimum atomic E-state index is -0.770. The Morgan fingerprint density at radius 2 is 1.16 bits per heavy atom. The van der Waals surface area contributed by atoms with E-state index in [1.54, 1.807) is 4.90 Å². The average Bonchev–Trinajstić information content (AvgIpc) is 3.63. The van der Waals surface area contributed by atoms with Crippen LogP contribution in [0, 0.1) is 6.92 Å². The van der Waals surface area contributed by atoms with Crippen LogP contribution in [0.2, 0.25) is 0 Å². The van der Waals surface area contributed by atoms with Crippen LogP contribution in [0.15, 0.2) is 66.7 Å². The van der Waals surface area contributed by atoms with E-state index in [2.05, 4.69) is 55.5 Å². The van der Waals surface area contributed by atoms with E-state index in [0.29, 0.717) is 13.1 Å². The topological polar surface area (TPSA) is 124 Å². The summed E-state index contributed by atoms with van der Waals surface area (Å²) < 4.78 is 20.4. The van der Waals surface area contributed by atoms with Gasteiger partial charge in [-0.25, -0.2) is 14.4 Å². The Hall–Kier alpha value is -4.32. The molecule has 340 valence electrons. The molecule has 12 heteroatoms. The van der Waals surface area contributed by atoms with E-state index in [0.717, 1.165) is 68.8 Å². The van der Waals surface area contributed by atoms with Crippen molar-refractivity contribution in [2.24, 2.45) is 0 Å². The number of anilines is 1. The number of ether oxygens (including phenoxy) is 4. The third-order valence-electron chi connectivity index (χ3n) is 9.73.